The number of alkyl halides is 3. The van der Waals surface area contributed by atoms with E-state index in [1.165, 1.54) is 0 Å². The number of carbonyl (C=O) groups is 1. The van der Waals surface area contributed by atoms with Crippen LogP contribution in [0.5, 0.6) is 5.75 Å². The van der Waals surface area contributed by atoms with E-state index in [0.29, 0.717) is 23.7 Å². The van der Waals surface area contributed by atoms with Crippen molar-refractivity contribution in [2.45, 2.75) is 38.4 Å². The van der Waals surface area contributed by atoms with Crippen molar-refractivity contribution in [1.29, 1.82) is 0 Å². The van der Waals surface area contributed by atoms with Gasteiger partial charge in [-0.2, -0.15) is 18.3 Å². The van der Waals surface area contributed by atoms with E-state index in [1.807, 2.05) is 6.92 Å². The molecule has 1 heterocycles. The minimum atomic E-state index is -4.51. The van der Waals surface area contributed by atoms with Crippen molar-refractivity contribution in [1.82, 2.24) is 9.78 Å². The van der Waals surface area contributed by atoms with Crippen molar-refractivity contribution < 1.29 is 22.7 Å². The van der Waals surface area contributed by atoms with Crippen molar-refractivity contribution in [2.75, 3.05) is 11.9 Å². The molecule has 0 aliphatic heterocycles. The standard InChI is InChI=1S/C17H18F3N3O2/c1-2-25-13-7-5-12(6-8-13)21-16(24)10-23-14(11-3-4-11)9-15(22-23)17(18,19)20/h5-9,11H,2-4,10H2,1H3,(H,21,24). The average molecular weight is 353 g/mol. The predicted octanol–water partition coefficient (Wildman–Crippen LogP) is 3.82. The number of amides is 1. The van der Waals surface area contributed by atoms with Crippen molar-refractivity contribution in [3.05, 3.63) is 41.7 Å². The number of hydrogen-bond donors (Lipinski definition) is 1. The molecule has 0 bridgehead atoms. The largest absolute Gasteiger partial charge is 0.494 e. The van der Waals surface area contributed by atoms with E-state index < -0.39 is 17.8 Å². The van der Waals surface area contributed by atoms with E-state index in [4.69, 9.17) is 4.74 Å². The highest BCUT2D eigenvalue weighted by Gasteiger charge is 2.38. The Bertz CT molecular complexity index is 749. The number of hydrogen-bond acceptors (Lipinski definition) is 3. The summed E-state index contributed by atoms with van der Waals surface area (Å²) >= 11 is 0. The Morgan fingerprint density at radius 2 is 2.00 bits per heavy atom. The van der Waals surface area contributed by atoms with Crippen LogP contribution >= 0.6 is 0 Å². The van der Waals surface area contributed by atoms with Gasteiger partial charge >= 0.3 is 6.18 Å². The molecule has 3 rings (SSSR count). The van der Waals surface area contributed by atoms with Gasteiger partial charge in [-0.15, -0.1) is 0 Å². The van der Waals surface area contributed by atoms with Crippen LogP contribution in [0.15, 0.2) is 30.3 Å². The Labute approximate surface area is 142 Å². The Morgan fingerprint density at radius 3 is 2.56 bits per heavy atom. The SMILES string of the molecule is CCOc1ccc(NC(=O)Cn2nc(C(F)(F)F)cc2C2CC2)cc1. The van der Waals surface area contributed by atoms with Gasteiger partial charge in [0.25, 0.3) is 0 Å². The van der Waals surface area contributed by atoms with Crippen LogP contribution in [-0.4, -0.2) is 22.3 Å². The summed E-state index contributed by atoms with van der Waals surface area (Å²) < 4.78 is 45.1. The fraction of sp³-hybridized carbons (Fsp3) is 0.412. The number of anilines is 1. The van der Waals surface area contributed by atoms with Gasteiger partial charge in [0.05, 0.1) is 6.61 Å². The third-order valence-electron chi connectivity index (χ3n) is 3.84. The maximum Gasteiger partial charge on any atom is 0.435 e. The highest BCUT2D eigenvalue weighted by Crippen LogP contribution is 2.42. The molecule has 1 aromatic heterocycles. The minimum Gasteiger partial charge on any atom is -0.494 e. The third kappa shape index (κ3) is 4.32. The van der Waals surface area contributed by atoms with Gasteiger partial charge in [-0.1, -0.05) is 0 Å². The van der Waals surface area contributed by atoms with Crippen molar-refractivity contribution in [2.24, 2.45) is 0 Å². The highest BCUT2D eigenvalue weighted by atomic mass is 19.4. The Morgan fingerprint density at radius 1 is 1.32 bits per heavy atom. The number of halogens is 3. The summed E-state index contributed by atoms with van der Waals surface area (Å²) in [6.45, 7) is 2.15. The molecule has 1 aliphatic rings. The van der Waals surface area contributed by atoms with E-state index in [9.17, 15) is 18.0 Å². The monoisotopic (exact) mass is 353 g/mol. The zero-order valence-electron chi connectivity index (χ0n) is 13.6. The first-order valence-corrected chi connectivity index (χ1v) is 8.04. The van der Waals surface area contributed by atoms with Crippen LogP contribution in [0.25, 0.3) is 0 Å². The van der Waals surface area contributed by atoms with Crippen LogP contribution in [-0.2, 0) is 17.5 Å². The fourth-order valence-electron chi connectivity index (χ4n) is 2.54. The number of benzene rings is 1. The Hall–Kier alpha value is -2.51. The summed E-state index contributed by atoms with van der Waals surface area (Å²) in [5.41, 5.74) is 0.0575. The molecule has 5 nitrogen and oxygen atoms in total. The van der Waals surface area contributed by atoms with Crippen molar-refractivity contribution in [3.63, 3.8) is 0 Å². The molecule has 134 valence electrons. The van der Waals surface area contributed by atoms with Crippen LogP contribution in [0.2, 0.25) is 0 Å². The van der Waals surface area contributed by atoms with E-state index in [1.54, 1.807) is 24.3 Å². The number of nitrogens with one attached hydrogen (secondary N) is 1. The molecule has 0 atom stereocenters. The van der Waals surface area contributed by atoms with E-state index in [2.05, 4.69) is 10.4 Å². The summed E-state index contributed by atoms with van der Waals surface area (Å²) in [4.78, 5) is 12.2. The highest BCUT2D eigenvalue weighted by molar-refractivity contribution is 5.90. The van der Waals surface area contributed by atoms with Gasteiger partial charge in [0.2, 0.25) is 5.91 Å². The molecule has 0 saturated heterocycles. The van der Waals surface area contributed by atoms with Gasteiger partial charge in [0, 0.05) is 17.3 Å². The lowest BCUT2D eigenvalue weighted by atomic mass is 10.2. The first-order valence-electron chi connectivity index (χ1n) is 8.04. The van der Waals surface area contributed by atoms with Gasteiger partial charge in [0.15, 0.2) is 5.69 Å². The van der Waals surface area contributed by atoms with E-state index in [0.717, 1.165) is 23.6 Å². The quantitative estimate of drug-likeness (QED) is 0.859. The molecule has 0 unspecified atom stereocenters. The molecule has 1 saturated carbocycles. The van der Waals surface area contributed by atoms with E-state index in [-0.39, 0.29) is 12.5 Å². The van der Waals surface area contributed by atoms with Gasteiger partial charge in [-0.05, 0) is 50.1 Å². The minimum absolute atomic E-state index is 0.0573. The first kappa shape index (κ1) is 17.3. The number of rotatable bonds is 6. The molecule has 2 aromatic rings. The molecule has 1 amide bonds. The summed E-state index contributed by atoms with van der Waals surface area (Å²) in [7, 11) is 0. The second kappa shape index (κ2) is 6.78. The average Bonchev–Trinajstić information content (AvgIpc) is 3.29. The lowest BCUT2D eigenvalue weighted by molar-refractivity contribution is -0.141. The second-order valence-electron chi connectivity index (χ2n) is 5.89. The smallest absolute Gasteiger partial charge is 0.435 e. The lowest BCUT2D eigenvalue weighted by Gasteiger charge is -2.09. The molecule has 1 fully saturated rings. The zero-order chi connectivity index (χ0) is 18.0. The normalized spacial score (nSPS) is 14.4. The number of carbonyl (C=O) groups excluding carboxylic acids is 1. The fourth-order valence-corrected chi connectivity index (χ4v) is 2.54. The molecule has 1 aliphatic carbocycles. The first-order chi connectivity index (χ1) is 11.9. The molecule has 25 heavy (non-hydrogen) atoms. The topological polar surface area (TPSA) is 56.1 Å². The maximum atomic E-state index is 12.9. The molecular formula is C17H18F3N3O2. The maximum absolute atomic E-state index is 12.9. The summed E-state index contributed by atoms with van der Waals surface area (Å²) in [5, 5.41) is 6.23. The molecule has 0 spiro atoms. The number of nitrogens with zero attached hydrogens (tertiary/aromatic N) is 2. The molecule has 0 radical (unpaired) electrons. The van der Waals surface area contributed by atoms with Gasteiger partial charge in [0.1, 0.15) is 12.3 Å². The van der Waals surface area contributed by atoms with Gasteiger partial charge in [-0.3, -0.25) is 9.48 Å². The van der Waals surface area contributed by atoms with Crippen molar-refractivity contribution in [3.8, 4) is 5.75 Å². The van der Waals surface area contributed by atoms with Gasteiger partial charge < -0.3 is 10.1 Å². The molecular weight excluding hydrogens is 335 g/mol. The van der Waals surface area contributed by atoms with Crippen LogP contribution in [0.4, 0.5) is 18.9 Å². The molecule has 1 aromatic carbocycles. The molecule has 1 N–H and O–H groups in total. The van der Waals surface area contributed by atoms with Crippen LogP contribution < -0.4 is 10.1 Å². The summed E-state index contributed by atoms with van der Waals surface area (Å²) in [6, 6.07) is 7.82. The van der Waals surface area contributed by atoms with Crippen LogP contribution in [0.3, 0.4) is 0 Å². The van der Waals surface area contributed by atoms with Crippen molar-refractivity contribution >= 4 is 11.6 Å². The molecule has 8 heteroatoms. The number of aromatic nitrogens is 2. The van der Waals surface area contributed by atoms with Gasteiger partial charge in [-0.25, -0.2) is 0 Å². The number of ether oxygens (including phenoxy) is 1. The summed E-state index contributed by atoms with van der Waals surface area (Å²) in [5.74, 6) is 0.308. The predicted molar refractivity (Wildman–Crippen MR) is 85.4 cm³/mol. The van der Waals surface area contributed by atoms with Crippen LogP contribution in [0.1, 0.15) is 37.1 Å². The van der Waals surface area contributed by atoms with Crippen LogP contribution in [0, 0.1) is 0 Å². The van der Waals surface area contributed by atoms with E-state index >= 15 is 0 Å². The second-order valence-corrected chi connectivity index (χ2v) is 5.89. The third-order valence-corrected chi connectivity index (χ3v) is 3.84. The Kier molecular flexibility index (Phi) is 4.69. The zero-order valence-corrected chi connectivity index (χ0v) is 13.6. The lowest BCUT2D eigenvalue weighted by Crippen LogP contribution is -2.21. The summed E-state index contributed by atoms with van der Waals surface area (Å²) in [6.07, 6.45) is -2.87. The Balaban J connectivity index is 1.69.